The number of anilines is 1. The van der Waals surface area contributed by atoms with Crippen molar-refractivity contribution in [2.24, 2.45) is 0 Å². The van der Waals surface area contributed by atoms with Crippen molar-refractivity contribution in [1.82, 2.24) is 0 Å². The van der Waals surface area contributed by atoms with Gasteiger partial charge in [0.25, 0.3) is 0 Å². The molecule has 0 bridgehead atoms. The Labute approximate surface area is 119 Å². The molecule has 2 N–H and O–H groups in total. The second-order valence-electron chi connectivity index (χ2n) is 3.99. The number of benzene rings is 1. The number of nitriles is 1. The molecule has 0 aliphatic carbocycles. The minimum Gasteiger partial charge on any atom is -0.397 e. The standard InChI is InChI=1S/C14H13BrN2S/c1-2-5-10-13(17)12(8-16)18-14(10)9-6-3-4-7-11(9)15/h3-4,6-7H,2,5,17H2,1H3. The maximum Gasteiger partial charge on any atom is 0.128 e. The first kappa shape index (κ1) is 13.1. The van der Waals surface area contributed by atoms with E-state index in [2.05, 4.69) is 35.0 Å². The van der Waals surface area contributed by atoms with Crippen LogP contribution >= 0.6 is 27.3 Å². The molecule has 0 spiro atoms. The zero-order valence-corrected chi connectivity index (χ0v) is 12.4. The van der Waals surface area contributed by atoms with Crippen molar-refractivity contribution >= 4 is 33.0 Å². The fraction of sp³-hybridized carbons (Fsp3) is 0.214. The molecule has 1 aromatic heterocycles. The van der Waals surface area contributed by atoms with Crippen LogP contribution in [0.25, 0.3) is 10.4 Å². The van der Waals surface area contributed by atoms with Crippen LogP contribution in [0.5, 0.6) is 0 Å². The minimum absolute atomic E-state index is 0.615. The van der Waals surface area contributed by atoms with Crippen molar-refractivity contribution in [3.05, 3.63) is 39.2 Å². The highest BCUT2D eigenvalue weighted by atomic mass is 79.9. The summed E-state index contributed by atoms with van der Waals surface area (Å²) in [6.45, 7) is 2.12. The average Bonchev–Trinajstić information content (AvgIpc) is 2.68. The van der Waals surface area contributed by atoms with E-state index in [9.17, 15) is 0 Å². The van der Waals surface area contributed by atoms with E-state index in [0.29, 0.717) is 10.6 Å². The van der Waals surface area contributed by atoms with Crippen molar-refractivity contribution < 1.29 is 0 Å². The van der Waals surface area contributed by atoms with Crippen LogP contribution in [0.2, 0.25) is 0 Å². The van der Waals surface area contributed by atoms with Gasteiger partial charge >= 0.3 is 0 Å². The molecule has 0 aliphatic heterocycles. The highest BCUT2D eigenvalue weighted by Gasteiger charge is 2.17. The normalized spacial score (nSPS) is 10.3. The van der Waals surface area contributed by atoms with Crippen LogP contribution in [0.15, 0.2) is 28.7 Å². The van der Waals surface area contributed by atoms with E-state index >= 15 is 0 Å². The van der Waals surface area contributed by atoms with Crippen molar-refractivity contribution in [2.45, 2.75) is 19.8 Å². The second kappa shape index (κ2) is 5.55. The van der Waals surface area contributed by atoms with Crippen molar-refractivity contribution in [3.8, 4) is 16.5 Å². The maximum atomic E-state index is 9.11. The van der Waals surface area contributed by atoms with Gasteiger partial charge < -0.3 is 5.73 Å². The van der Waals surface area contributed by atoms with E-state index in [-0.39, 0.29) is 0 Å². The van der Waals surface area contributed by atoms with Crippen molar-refractivity contribution in [1.29, 1.82) is 5.26 Å². The number of thiophene rings is 1. The summed E-state index contributed by atoms with van der Waals surface area (Å²) in [5, 5.41) is 9.11. The fourth-order valence-electron chi connectivity index (χ4n) is 1.92. The largest absolute Gasteiger partial charge is 0.397 e. The van der Waals surface area contributed by atoms with Crippen molar-refractivity contribution in [2.75, 3.05) is 5.73 Å². The van der Waals surface area contributed by atoms with Crippen molar-refractivity contribution in [3.63, 3.8) is 0 Å². The molecule has 2 aromatic rings. The summed E-state index contributed by atoms with van der Waals surface area (Å²) in [7, 11) is 0. The molecule has 0 atom stereocenters. The lowest BCUT2D eigenvalue weighted by atomic mass is 10.0. The Morgan fingerprint density at radius 1 is 1.39 bits per heavy atom. The van der Waals surface area contributed by atoms with Gasteiger partial charge in [-0.25, -0.2) is 0 Å². The molecule has 0 unspecified atom stereocenters. The molecular weight excluding hydrogens is 308 g/mol. The molecule has 2 rings (SSSR count). The molecule has 1 heterocycles. The van der Waals surface area contributed by atoms with E-state index in [0.717, 1.165) is 33.3 Å². The summed E-state index contributed by atoms with van der Waals surface area (Å²) in [6.07, 6.45) is 1.92. The number of nitrogens with zero attached hydrogens (tertiary/aromatic N) is 1. The molecule has 4 heteroatoms. The lowest BCUT2D eigenvalue weighted by Gasteiger charge is -2.06. The van der Waals surface area contributed by atoms with Gasteiger partial charge in [0, 0.05) is 14.9 Å². The third kappa shape index (κ3) is 2.29. The van der Waals surface area contributed by atoms with E-state index < -0.39 is 0 Å². The third-order valence-corrected chi connectivity index (χ3v) is 4.65. The summed E-state index contributed by atoms with van der Waals surface area (Å²) in [4.78, 5) is 1.72. The molecular formula is C14H13BrN2S. The van der Waals surface area contributed by atoms with Gasteiger partial charge in [-0.2, -0.15) is 5.26 Å². The van der Waals surface area contributed by atoms with Gasteiger partial charge in [-0.3, -0.25) is 0 Å². The van der Waals surface area contributed by atoms with Gasteiger partial charge in [0.2, 0.25) is 0 Å². The summed E-state index contributed by atoms with van der Waals surface area (Å²) < 4.78 is 1.04. The first-order valence-electron chi connectivity index (χ1n) is 5.75. The van der Waals surface area contributed by atoms with Crippen LogP contribution in [0, 0.1) is 11.3 Å². The fourth-order valence-corrected chi connectivity index (χ4v) is 3.64. The van der Waals surface area contributed by atoms with E-state index in [1.165, 1.54) is 11.3 Å². The zero-order valence-electron chi connectivity index (χ0n) is 10.0. The van der Waals surface area contributed by atoms with Crippen LogP contribution in [-0.2, 0) is 6.42 Å². The van der Waals surface area contributed by atoms with E-state index in [1.807, 2.05) is 18.2 Å². The molecule has 0 aliphatic rings. The van der Waals surface area contributed by atoms with E-state index in [1.54, 1.807) is 0 Å². The highest BCUT2D eigenvalue weighted by molar-refractivity contribution is 9.10. The van der Waals surface area contributed by atoms with Crippen LogP contribution < -0.4 is 5.73 Å². The maximum absolute atomic E-state index is 9.11. The number of hydrogen-bond acceptors (Lipinski definition) is 3. The first-order valence-corrected chi connectivity index (χ1v) is 7.36. The molecule has 1 aromatic carbocycles. The predicted molar refractivity (Wildman–Crippen MR) is 80.6 cm³/mol. The lowest BCUT2D eigenvalue weighted by molar-refractivity contribution is 0.930. The molecule has 0 saturated carbocycles. The summed E-state index contributed by atoms with van der Waals surface area (Å²) in [5.74, 6) is 0. The van der Waals surface area contributed by atoms with Gasteiger partial charge in [0.05, 0.1) is 5.69 Å². The predicted octanol–water partition coefficient (Wildman–Crippen LogP) is 4.58. The number of nitrogen functional groups attached to an aromatic ring is 1. The van der Waals surface area contributed by atoms with Gasteiger partial charge in [0.15, 0.2) is 0 Å². The topological polar surface area (TPSA) is 49.8 Å². The second-order valence-corrected chi connectivity index (χ2v) is 5.87. The van der Waals surface area contributed by atoms with Gasteiger partial charge in [-0.15, -0.1) is 11.3 Å². The van der Waals surface area contributed by atoms with E-state index in [4.69, 9.17) is 11.0 Å². The Morgan fingerprint density at radius 3 is 2.72 bits per heavy atom. The third-order valence-electron chi connectivity index (χ3n) is 2.77. The summed E-state index contributed by atoms with van der Waals surface area (Å²) in [5.41, 5.74) is 8.92. The summed E-state index contributed by atoms with van der Waals surface area (Å²) >= 11 is 5.03. The smallest absolute Gasteiger partial charge is 0.128 e. The van der Waals surface area contributed by atoms with Crippen LogP contribution in [0.1, 0.15) is 23.8 Å². The Morgan fingerprint density at radius 2 is 2.11 bits per heavy atom. The number of rotatable bonds is 3. The Hall–Kier alpha value is -1.31. The van der Waals surface area contributed by atoms with Gasteiger partial charge in [-0.1, -0.05) is 47.5 Å². The Bertz CT molecular complexity index is 611. The van der Waals surface area contributed by atoms with Crippen LogP contribution in [-0.4, -0.2) is 0 Å². The SMILES string of the molecule is CCCc1c(-c2ccccc2Br)sc(C#N)c1N. The quantitative estimate of drug-likeness (QED) is 0.899. The van der Waals surface area contributed by atoms with Crippen LogP contribution in [0.4, 0.5) is 5.69 Å². The number of halogens is 1. The zero-order chi connectivity index (χ0) is 13.1. The van der Waals surface area contributed by atoms with Crippen LogP contribution in [0.3, 0.4) is 0 Å². The lowest BCUT2D eigenvalue weighted by Crippen LogP contribution is -1.93. The highest BCUT2D eigenvalue weighted by Crippen LogP contribution is 2.41. The molecule has 2 nitrogen and oxygen atoms in total. The number of nitrogens with two attached hydrogens (primary N) is 1. The molecule has 0 amide bonds. The van der Waals surface area contributed by atoms with Gasteiger partial charge in [-0.05, 0) is 18.1 Å². The summed E-state index contributed by atoms with van der Waals surface area (Å²) in [6, 6.07) is 10.2. The molecule has 18 heavy (non-hydrogen) atoms. The Kier molecular flexibility index (Phi) is 4.05. The molecule has 0 radical (unpaired) electrons. The Balaban J connectivity index is 2.64. The minimum atomic E-state index is 0.615. The molecule has 92 valence electrons. The first-order chi connectivity index (χ1) is 8.69. The molecule has 0 saturated heterocycles. The van der Waals surface area contributed by atoms with Gasteiger partial charge in [0.1, 0.15) is 10.9 Å². The number of hydrogen-bond donors (Lipinski definition) is 1. The average molecular weight is 321 g/mol. The molecule has 0 fully saturated rings. The monoisotopic (exact) mass is 320 g/mol.